The van der Waals surface area contributed by atoms with Gasteiger partial charge in [-0.3, -0.25) is 9.59 Å². The fourth-order valence-corrected chi connectivity index (χ4v) is 1.11. The molecule has 0 atom stereocenters. The molecular formula is C9H14N4O2. The Bertz CT molecular complexity index is 372. The number of amides is 2. The Morgan fingerprint density at radius 3 is 2.73 bits per heavy atom. The molecule has 2 amide bonds. The Labute approximate surface area is 87.4 Å². The molecule has 6 heteroatoms. The van der Waals surface area contributed by atoms with Gasteiger partial charge in [-0.15, -0.1) is 0 Å². The molecule has 0 saturated heterocycles. The predicted molar refractivity (Wildman–Crippen MR) is 56.2 cm³/mol. The molecule has 1 aromatic rings. The van der Waals surface area contributed by atoms with Crippen LogP contribution in [0.4, 0.5) is 5.69 Å². The van der Waals surface area contributed by atoms with E-state index in [1.165, 1.54) is 24.2 Å². The van der Waals surface area contributed by atoms with Gasteiger partial charge in [0.15, 0.2) is 0 Å². The summed E-state index contributed by atoms with van der Waals surface area (Å²) < 4.78 is 0. The van der Waals surface area contributed by atoms with E-state index < -0.39 is 0 Å². The number of aromatic amines is 1. The van der Waals surface area contributed by atoms with Crippen molar-refractivity contribution in [1.29, 1.82) is 0 Å². The number of hydrogen-bond acceptors (Lipinski definition) is 3. The summed E-state index contributed by atoms with van der Waals surface area (Å²) in [5, 5.41) is 2.44. The lowest BCUT2D eigenvalue weighted by Gasteiger charge is -2.14. The fraction of sp³-hybridized carbons (Fsp3) is 0.333. The highest BCUT2D eigenvalue weighted by atomic mass is 16.2. The zero-order valence-electron chi connectivity index (χ0n) is 8.70. The molecule has 0 aliphatic heterocycles. The molecule has 0 radical (unpaired) electrons. The molecule has 0 unspecified atom stereocenters. The summed E-state index contributed by atoms with van der Waals surface area (Å²) in [5.74, 6) is -0.485. The molecule has 1 rings (SSSR count). The number of nitrogens with zero attached hydrogens (tertiary/aromatic N) is 1. The van der Waals surface area contributed by atoms with Gasteiger partial charge in [-0.25, -0.2) is 0 Å². The van der Waals surface area contributed by atoms with Gasteiger partial charge >= 0.3 is 0 Å². The highest BCUT2D eigenvalue weighted by molar-refractivity contribution is 5.95. The molecule has 0 fully saturated rings. The summed E-state index contributed by atoms with van der Waals surface area (Å²) in [7, 11) is 3.07. The Morgan fingerprint density at radius 1 is 1.60 bits per heavy atom. The molecule has 4 N–H and O–H groups in total. The van der Waals surface area contributed by atoms with Crippen LogP contribution >= 0.6 is 0 Å². The topological polar surface area (TPSA) is 91.2 Å². The van der Waals surface area contributed by atoms with Gasteiger partial charge in [-0.1, -0.05) is 0 Å². The number of nitrogen functional groups attached to an aromatic ring is 1. The molecule has 0 saturated carbocycles. The van der Waals surface area contributed by atoms with Crippen molar-refractivity contribution < 1.29 is 9.59 Å². The van der Waals surface area contributed by atoms with Crippen LogP contribution in [0.3, 0.4) is 0 Å². The van der Waals surface area contributed by atoms with E-state index in [0.717, 1.165) is 0 Å². The van der Waals surface area contributed by atoms with Crippen LogP contribution in [0.1, 0.15) is 10.5 Å². The van der Waals surface area contributed by atoms with E-state index in [1.807, 2.05) is 0 Å². The third-order valence-electron chi connectivity index (χ3n) is 1.94. The standard InChI is InChI=1S/C9H14N4O2/c1-11-8(14)5-13(2)9(15)7-3-6(10)4-12-7/h3-4,12H,5,10H2,1-2H3,(H,11,14). The van der Waals surface area contributed by atoms with Crippen molar-refractivity contribution in [2.45, 2.75) is 0 Å². The zero-order chi connectivity index (χ0) is 11.4. The number of nitrogens with one attached hydrogen (secondary N) is 2. The van der Waals surface area contributed by atoms with Crippen molar-refractivity contribution in [2.24, 2.45) is 0 Å². The fourth-order valence-electron chi connectivity index (χ4n) is 1.11. The van der Waals surface area contributed by atoms with E-state index in [-0.39, 0.29) is 18.4 Å². The van der Waals surface area contributed by atoms with E-state index in [1.54, 1.807) is 7.05 Å². The van der Waals surface area contributed by atoms with Gasteiger partial charge in [0, 0.05) is 26.0 Å². The first-order chi connectivity index (χ1) is 7.04. The number of nitrogens with two attached hydrogens (primary N) is 1. The van der Waals surface area contributed by atoms with Crippen molar-refractivity contribution in [3.8, 4) is 0 Å². The second kappa shape index (κ2) is 4.50. The molecule has 15 heavy (non-hydrogen) atoms. The van der Waals surface area contributed by atoms with Crippen molar-refractivity contribution in [3.05, 3.63) is 18.0 Å². The van der Waals surface area contributed by atoms with Gasteiger partial charge < -0.3 is 20.9 Å². The lowest BCUT2D eigenvalue weighted by atomic mass is 10.3. The van der Waals surface area contributed by atoms with Crippen LogP contribution in [0.5, 0.6) is 0 Å². The normalized spacial score (nSPS) is 9.73. The Balaban J connectivity index is 2.64. The molecule has 6 nitrogen and oxygen atoms in total. The average molecular weight is 210 g/mol. The van der Waals surface area contributed by atoms with Crippen molar-refractivity contribution in [3.63, 3.8) is 0 Å². The number of carbonyl (C=O) groups excluding carboxylic acids is 2. The van der Waals surface area contributed by atoms with Crippen LogP contribution in [0.2, 0.25) is 0 Å². The highest BCUT2D eigenvalue weighted by Crippen LogP contribution is 2.06. The van der Waals surface area contributed by atoms with E-state index in [9.17, 15) is 9.59 Å². The molecule has 1 heterocycles. The Kier molecular flexibility index (Phi) is 3.33. The summed E-state index contributed by atoms with van der Waals surface area (Å²) >= 11 is 0. The van der Waals surface area contributed by atoms with Crippen LogP contribution in [-0.4, -0.2) is 42.3 Å². The number of anilines is 1. The summed E-state index contributed by atoms with van der Waals surface area (Å²) in [6, 6.07) is 1.53. The number of likely N-dealkylation sites (N-methyl/N-ethyl adjacent to an activating group) is 2. The summed E-state index contributed by atoms with van der Waals surface area (Å²) in [6.07, 6.45) is 1.53. The maximum atomic E-state index is 11.7. The predicted octanol–water partition coefficient (Wildman–Crippen LogP) is -0.585. The van der Waals surface area contributed by atoms with E-state index in [4.69, 9.17) is 5.73 Å². The maximum Gasteiger partial charge on any atom is 0.270 e. The van der Waals surface area contributed by atoms with Gasteiger partial charge in [0.25, 0.3) is 5.91 Å². The van der Waals surface area contributed by atoms with Crippen LogP contribution in [-0.2, 0) is 4.79 Å². The van der Waals surface area contributed by atoms with Crippen LogP contribution in [0.15, 0.2) is 12.3 Å². The van der Waals surface area contributed by atoms with E-state index >= 15 is 0 Å². The first-order valence-corrected chi connectivity index (χ1v) is 4.44. The second-order valence-electron chi connectivity index (χ2n) is 3.18. The van der Waals surface area contributed by atoms with Gasteiger partial charge in [-0.05, 0) is 6.07 Å². The monoisotopic (exact) mass is 210 g/mol. The minimum Gasteiger partial charge on any atom is -0.397 e. The SMILES string of the molecule is CNC(=O)CN(C)C(=O)c1cc(N)c[nH]1. The van der Waals surface area contributed by atoms with E-state index in [0.29, 0.717) is 11.4 Å². The molecule has 0 aliphatic carbocycles. The van der Waals surface area contributed by atoms with Gasteiger partial charge in [0.2, 0.25) is 5.91 Å². The summed E-state index contributed by atoms with van der Waals surface area (Å²) in [5.41, 5.74) is 6.33. The highest BCUT2D eigenvalue weighted by Gasteiger charge is 2.15. The van der Waals surface area contributed by atoms with Gasteiger partial charge in [0.1, 0.15) is 5.69 Å². The third-order valence-corrected chi connectivity index (χ3v) is 1.94. The Hall–Kier alpha value is -1.98. The number of H-pyrrole nitrogens is 1. The minimum atomic E-state index is -0.268. The van der Waals surface area contributed by atoms with Crippen molar-refractivity contribution >= 4 is 17.5 Å². The molecule has 0 aliphatic rings. The molecule has 82 valence electrons. The molecule has 0 aromatic carbocycles. The van der Waals surface area contributed by atoms with E-state index in [2.05, 4.69) is 10.3 Å². The average Bonchev–Trinajstić information content (AvgIpc) is 2.63. The quantitative estimate of drug-likeness (QED) is 0.623. The number of aromatic nitrogens is 1. The van der Waals surface area contributed by atoms with Gasteiger partial charge in [-0.2, -0.15) is 0 Å². The van der Waals surface area contributed by atoms with Crippen LogP contribution in [0.25, 0.3) is 0 Å². The molecular weight excluding hydrogens is 196 g/mol. The third kappa shape index (κ3) is 2.73. The molecule has 0 bridgehead atoms. The first-order valence-electron chi connectivity index (χ1n) is 4.44. The number of carbonyl (C=O) groups is 2. The number of rotatable bonds is 3. The first kappa shape index (κ1) is 11.1. The van der Waals surface area contributed by atoms with Crippen LogP contribution < -0.4 is 11.1 Å². The minimum absolute atomic E-state index is 0.0221. The summed E-state index contributed by atoms with van der Waals surface area (Å²) in [6.45, 7) is 0.0221. The van der Waals surface area contributed by atoms with Crippen LogP contribution in [0, 0.1) is 0 Å². The van der Waals surface area contributed by atoms with Crippen molar-refractivity contribution in [2.75, 3.05) is 26.4 Å². The zero-order valence-corrected chi connectivity index (χ0v) is 8.70. The maximum absolute atomic E-state index is 11.7. The summed E-state index contributed by atoms with van der Waals surface area (Å²) in [4.78, 5) is 26.7. The molecule has 1 aromatic heterocycles. The lowest BCUT2D eigenvalue weighted by Crippen LogP contribution is -2.37. The molecule has 0 spiro atoms. The smallest absolute Gasteiger partial charge is 0.270 e. The number of hydrogen-bond donors (Lipinski definition) is 3. The lowest BCUT2D eigenvalue weighted by molar-refractivity contribution is -0.121. The second-order valence-corrected chi connectivity index (χ2v) is 3.18. The van der Waals surface area contributed by atoms with Gasteiger partial charge in [0.05, 0.1) is 6.54 Å². The Morgan fingerprint density at radius 2 is 2.27 bits per heavy atom. The largest absolute Gasteiger partial charge is 0.397 e. The van der Waals surface area contributed by atoms with Crippen molar-refractivity contribution in [1.82, 2.24) is 15.2 Å².